The molecule has 1 atom stereocenters. The van der Waals surface area contributed by atoms with Crippen molar-refractivity contribution in [3.63, 3.8) is 0 Å². The summed E-state index contributed by atoms with van der Waals surface area (Å²) in [6.07, 6.45) is 7.57. The van der Waals surface area contributed by atoms with Gasteiger partial charge in [0.1, 0.15) is 0 Å². The third kappa shape index (κ3) is 4.92. The normalized spacial score (nSPS) is 23.3. The van der Waals surface area contributed by atoms with E-state index in [4.69, 9.17) is 0 Å². The molecule has 1 aromatic rings. The minimum Gasteiger partial charge on any atom is -0.340 e. The molecule has 3 rings (SSSR count). The molecule has 0 bridgehead atoms. The van der Waals surface area contributed by atoms with E-state index in [9.17, 15) is 4.79 Å². The summed E-state index contributed by atoms with van der Waals surface area (Å²) in [6, 6.07) is 10.4. The van der Waals surface area contributed by atoms with Gasteiger partial charge in [-0.2, -0.15) is 0 Å². The molecule has 24 heavy (non-hydrogen) atoms. The first kappa shape index (κ1) is 17.2. The molecule has 1 amide bonds. The molecule has 2 aliphatic heterocycles. The van der Waals surface area contributed by atoms with Crippen molar-refractivity contribution in [2.24, 2.45) is 5.92 Å². The van der Waals surface area contributed by atoms with Gasteiger partial charge in [-0.3, -0.25) is 9.69 Å². The predicted molar refractivity (Wildman–Crippen MR) is 98.7 cm³/mol. The number of rotatable bonds is 4. The Morgan fingerprint density at radius 3 is 2.67 bits per heavy atom. The van der Waals surface area contributed by atoms with Crippen LogP contribution in [-0.4, -0.2) is 61.5 Å². The van der Waals surface area contributed by atoms with Gasteiger partial charge in [-0.15, -0.1) is 0 Å². The number of carbonyl (C=O) groups excluding carboxylic acids is 1. The van der Waals surface area contributed by atoms with Crippen molar-refractivity contribution in [2.75, 3.05) is 45.8 Å². The van der Waals surface area contributed by atoms with E-state index in [1.165, 1.54) is 5.56 Å². The summed E-state index contributed by atoms with van der Waals surface area (Å²) < 4.78 is 0. The van der Waals surface area contributed by atoms with Crippen LogP contribution in [0.2, 0.25) is 0 Å². The van der Waals surface area contributed by atoms with Crippen LogP contribution in [-0.2, 0) is 4.79 Å². The molecule has 0 aliphatic carbocycles. The van der Waals surface area contributed by atoms with Crippen molar-refractivity contribution in [3.8, 4) is 0 Å². The van der Waals surface area contributed by atoms with Crippen molar-refractivity contribution in [1.29, 1.82) is 0 Å². The number of nitrogens with one attached hydrogen (secondary N) is 1. The minimum atomic E-state index is 0.240. The molecule has 0 aromatic heterocycles. The average Bonchev–Trinajstić information content (AvgIpc) is 2.92. The van der Waals surface area contributed by atoms with Gasteiger partial charge in [0.2, 0.25) is 5.91 Å². The molecule has 0 radical (unpaired) electrons. The number of benzene rings is 1. The lowest BCUT2D eigenvalue weighted by molar-refractivity contribution is -0.137. The molecule has 130 valence electrons. The Morgan fingerprint density at radius 1 is 1.08 bits per heavy atom. The van der Waals surface area contributed by atoms with Crippen LogP contribution in [0.4, 0.5) is 0 Å². The molecule has 1 aromatic carbocycles. The first-order valence-corrected chi connectivity index (χ1v) is 9.26. The molecule has 2 saturated heterocycles. The first-order valence-electron chi connectivity index (χ1n) is 9.26. The highest BCUT2D eigenvalue weighted by Gasteiger charge is 2.27. The third-order valence-corrected chi connectivity index (χ3v) is 5.08. The Labute approximate surface area is 145 Å². The number of carbonyl (C=O) groups is 1. The Morgan fingerprint density at radius 2 is 1.88 bits per heavy atom. The van der Waals surface area contributed by atoms with E-state index in [0.717, 1.165) is 65.1 Å². The second kappa shape index (κ2) is 9.00. The van der Waals surface area contributed by atoms with Gasteiger partial charge < -0.3 is 10.2 Å². The molecule has 0 saturated carbocycles. The molecule has 1 N–H and O–H groups in total. The molecular formula is C20H29N3O. The molecule has 0 spiro atoms. The Bertz CT molecular complexity index is 527. The van der Waals surface area contributed by atoms with Crippen LogP contribution in [0.25, 0.3) is 6.08 Å². The van der Waals surface area contributed by atoms with E-state index in [1.807, 2.05) is 6.07 Å². The highest BCUT2D eigenvalue weighted by molar-refractivity contribution is 5.79. The summed E-state index contributed by atoms with van der Waals surface area (Å²) in [7, 11) is 0. The summed E-state index contributed by atoms with van der Waals surface area (Å²) in [6.45, 7) is 6.73. The Hall–Kier alpha value is -1.65. The highest BCUT2D eigenvalue weighted by Crippen LogP contribution is 2.18. The molecular weight excluding hydrogens is 298 g/mol. The maximum absolute atomic E-state index is 12.7. The summed E-state index contributed by atoms with van der Waals surface area (Å²) in [5.74, 6) is 0.628. The Kier molecular flexibility index (Phi) is 6.44. The molecule has 2 aliphatic rings. The number of amides is 1. The van der Waals surface area contributed by atoms with E-state index >= 15 is 0 Å². The van der Waals surface area contributed by atoms with Crippen molar-refractivity contribution < 1.29 is 4.79 Å². The largest absolute Gasteiger partial charge is 0.340 e. The quantitative estimate of drug-likeness (QED) is 0.921. The fraction of sp³-hybridized carbons (Fsp3) is 0.550. The maximum atomic E-state index is 12.7. The number of hydrogen-bond donors (Lipinski definition) is 1. The van der Waals surface area contributed by atoms with Crippen molar-refractivity contribution in [1.82, 2.24) is 15.1 Å². The van der Waals surface area contributed by atoms with Crippen LogP contribution in [0.1, 0.15) is 24.8 Å². The first-order chi connectivity index (χ1) is 11.8. The second-order valence-corrected chi connectivity index (χ2v) is 6.82. The molecule has 1 unspecified atom stereocenters. The van der Waals surface area contributed by atoms with Crippen molar-refractivity contribution >= 4 is 12.0 Å². The third-order valence-electron chi connectivity index (χ3n) is 5.08. The van der Waals surface area contributed by atoms with Crippen LogP contribution >= 0.6 is 0 Å². The molecule has 2 heterocycles. The van der Waals surface area contributed by atoms with Gasteiger partial charge in [0.25, 0.3) is 0 Å². The smallest absolute Gasteiger partial charge is 0.225 e. The number of nitrogens with zero attached hydrogens (tertiary/aromatic N) is 2. The number of piperazine rings is 1. The topological polar surface area (TPSA) is 35.6 Å². The summed E-state index contributed by atoms with van der Waals surface area (Å²) in [4.78, 5) is 17.2. The van der Waals surface area contributed by atoms with Gasteiger partial charge in [0.05, 0.1) is 0 Å². The van der Waals surface area contributed by atoms with Gasteiger partial charge in [0.15, 0.2) is 0 Å². The van der Waals surface area contributed by atoms with Gasteiger partial charge >= 0.3 is 0 Å². The van der Waals surface area contributed by atoms with E-state index in [1.54, 1.807) is 0 Å². The van der Waals surface area contributed by atoms with Gasteiger partial charge in [-0.05, 0) is 37.9 Å². The van der Waals surface area contributed by atoms with Gasteiger partial charge in [0, 0.05) is 38.6 Å². The highest BCUT2D eigenvalue weighted by atomic mass is 16.2. The zero-order chi connectivity index (χ0) is 16.6. The monoisotopic (exact) mass is 327 g/mol. The molecule has 4 nitrogen and oxygen atoms in total. The summed E-state index contributed by atoms with van der Waals surface area (Å²) >= 11 is 0. The van der Waals surface area contributed by atoms with Crippen LogP contribution in [0.15, 0.2) is 36.4 Å². The van der Waals surface area contributed by atoms with Gasteiger partial charge in [-0.1, -0.05) is 42.5 Å². The minimum absolute atomic E-state index is 0.240. The van der Waals surface area contributed by atoms with Crippen LogP contribution in [0.3, 0.4) is 0 Å². The van der Waals surface area contributed by atoms with Crippen molar-refractivity contribution in [3.05, 3.63) is 42.0 Å². The number of hydrogen-bond acceptors (Lipinski definition) is 3. The lowest BCUT2D eigenvalue weighted by Gasteiger charge is -2.36. The lowest BCUT2D eigenvalue weighted by atomic mass is 9.98. The standard InChI is InChI=1S/C20H29N3O/c24-20(19-9-4-11-21-12-10-19)23-16-14-22(15-17-23)13-5-8-18-6-2-1-3-7-18/h1-3,5-8,19,21H,4,9-17H2. The van der Waals surface area contributed by atoms with E-state index < -0.39 is 0 Å². The van der Waals surface area contributed by atoms with Crippen LogP contribution in [0.5, 0.6) is 0 Å². The zero-order valence-corrected chi connectivity index (χ0v) is 14.5. The fourth-order valence-electron chi connectivity index (χ4n) is 3.58. The maximum Gasteiger partial charge on any atom is 0.225 e. The van der Waals surface area contributed by atoms with Crippen LogP contribution in [0, 0.1) is 5.92 Å². The summed E-state index contributed by atoms with van der Waals surface area (Å²) in [5.41, 5.74) is 1.24. The fourth-order valence-corrected chi connectivity index (χ4v) is 3.58. The second-order valence-electron chi connectivity index (χ2n) is 6.82. The van der Waals surface area contributed by atoms with E-state index in [-0.39, 0.29) is 5.92 Å². The molecule has 4 heteroatoms. The predicted octanol–water partition coefficient (Wildman–Crippen LogP) is 2.23. The van der Waals surface area contributed by atoms with E-state index in [2.05, 4.69) is 51.5 Å². The van der Waals surface area contributed by atoms with Crippen molar-refractivity contribution in [2.45, 2.75) is 19.3 Å². The lowest BCUT2D eigenvalue weighted by Crippen LogP contribution is -2.50. The Balaban J connectivity index is 1.42. The van der Waals surface area contributed by atoms with Gasteiger partial charge in [-0.25, -0.2) is 0 Å². The molecule has 2 fully saturated rings. The average molecular weight is 327 g/mol. The SMILES string of the molecule is O=C(C1CCCNCC1)N1CCN(CC=Cc2ccccc2)CC1. The van der Waals surface area contributed by atoms with Crippen LogP contribution < -0.4 is 5.32 Å². The summed E-state index contributed by atoms with van der Waals surface area (Å²) in [5, 5.41) is 3.39. The zero-order valence-electron chi connectivity index (χ0n) is 14.5. The van der Waals surface area contributed by atoms with E-state index in [0.29, 0.717) is 5.91 Å².